The van der Waals surface area contributed by atoms with Gasteiger partial charge >= 0.3 is 0 Å². The maximum atomic E-state index is 9.97. The Bertz CT molecular complexity index is 2650. The zero-order valence-electron chi connectivity index (χ0n) is 24.4. The van der Waals surface area contributed by atoms with Crippen LogP contribution in [0.4, 0.5) is 0 Å². The fourth-order valence-corrected chi connectivity index (χ4v) is 7.57. The zero-order valence-corrected chi connectivity index (χ0v) is 25.3. The maximum absolute atomic E-state index is 9.97. The van der Waals surface area contributed by atoms with E-state index in [1.165, 1.54) is 0 Å². The van der Waals surface area contributed by atoms with Crippen LogP contribution in [-0.4, -0.2) is 9.97 Å². The van der Waals surface area contributed by atoms with Gasteiger partial charge in [0.15, 0.2) is 5.82 Å². The Morgan fingerprint density at radius 2 is 1.30 bits per heavy atom. The Morgan fingerprint density at radius 3 is 2.13 bits per heavy atom. The fourth-order valence-electron chi connectivity index (χ4n) is 6.42. The van der Waals surface area contributed by atoms with Crippen molar-refractivity contribution in [2.75, 3.05) is 0 Å². The average Bonchev–Trinajstić information content (AvgIpc) is 3.70. The zero-order chi connectivity index (χ0) is 30.6. The molecule has 4 nitrogen and oxygen atoms in total. The van der Waals surface area contributed by atoms with Gasteiger partial charge < -0.3 is 4.42 Å². The summed E-state index contributed by atoms with van der Waals surface area (Å²) in [6, 6.07) is 49.7. The summed E-state index contributed by atoms with van der Waals surface area (Å²) in [5.41, 5.74) is 9.95. The first-order valence-electron chi connectivity index (χ1n) is 15.1. The molecule has 0 fully saturated rings. The third kappa shape index (κ3) is 4.12. The lowest BCUT2D eigenvalue weighted by molar-refractivity contribution is 0.670. The molecule has 46 heavy (non-hydrogen) atoms. The van der Waals surface area contributed by atoms with Crippen LogP contribution < -0.4 is 0 Å². The molecule has 0 aliphatic heterocycles. The number of nitriles is 1. The molecule has 0 amide bonds. The second kappa shape index (κ2) is 10.5. The van der Waals surface area contributed by atoms with Crippen molar-refractivity contribution in [2.45, 2.75) is 0 Å². The second-order valence-corrected chi connectivity index (χ2v) is 12.3. The lowest BCUT2D eigenvalue weighted by Crippen LogP contribution is -1.95. The van der Waals surface area contributed by atoms with Crippen molar-refractivity contribution in [1.82, 2.24) is 9.97 Å². The smallest absolute Gasteiger partial charge is 0.161 e. The van der Waals surface area contributed by atoms with E-state index in [2.05, 4.69) is 91.0 Å². The monoisotopic (exact) mass is 605 g/mol. The molecular formula is C41H23N3OS. The number of hydrogen-bond acceptors (Lipinski definition) is 5. The van der Waals surface area contributed by atoms with Gasteiger partial charge in [0.25, 0.3) is 0 Å². The van der Waals surface area contributed by atoms with Crippen molar-refractivity contribution in [1.29, 1.82) is 5.26 Å². The molecule has 3 aromatic heterocycles. The number of aromatic nitrogens is 2. The molecule has 0 radical (unpaired) electrons. The molecule has 214 valence electrons. The van der Waals surface area contributed by atoms with E-state index in [1.54, 1.807) is 11.3 Å². The highest BCUT2D eigenvalue weighted by Crippen LogP contribution is 2.46. The molecule has 5 heteroatoms. The summed E-state index contributed by atoms with van der Waals surface area (Å²) in [6.07, 6.45) is 0. The minimum Gasteiger partial charge on any atom is -0.455 e. The van der Waals surface area contributed by atoms with Crippen molar-refractivity contribution in [3.8, 4) is 51.0 Å². The first-order chi connectivity index (χ1) is 22.8. The van der Waals surface area contributed by atoms with E-state index in [4.69, 9.17) is 14.4 Å². The third-order valence-corrected chi connectivity index (χ3v) is 9.72. The largest absolute Gasteiger partial charge is 0.455 e. The molecule has 3 heterocycles. The van der Waals surface area contributed by atoms with Gasteiger partial charge in [0.05, 0.1) is 27.5 Å². The lowest BCUT2D eigenvalue weighted by Gasteiger charge is -2.10. The predicted octanol–water partition coefficient (Wildman–Crippen LogP) is 11.3. The van der Waals surface area contributed by atoms with Gasteiger partial charge in [-0.05, 0) is 53.1 Å². The van der Waals surface area contributed by atoms with Gasteiger partial charge in [0.2, 0.25) is 0 Å². The number of furan rings is 1. The van der Waals surface area contributed by atoms with E-state index < -0.39 is 0 Å². The van der Waals surface area contributed by atoms with E-state index in [-0.39, 0.29) is 0 Å². The second-order valence-electron chi connectivity index (χ2n) is 11.2. The molecule has 0 N–H and O–H groups in total. The standard InChI is InChI=1S/C41H23N3OS/c42-24-27-16-7-8-17-29(27)41-43-37-30-18-9-10-21-35(30)46-40(37)38(44-41)31-19-11-20-34-36(31)33-23-28(25-12-3-1-4-13-25)22-32(39(33)45-34)26-14-5-2-6-15-26/h1-23H. The van der Waals surface area contributed by atoms with Crippen LogP contribution in [0.15, 0.2) is 144 Å². The molecule has 0 aliphatic rings. The first kappa shape index (κ1) is 26.3. The van der Waals surface area contributed by atoms with Crippen LogP contribution in [0.1, 0.15) is 5.56 Å². The fraction of sp³-hybridized carbons (Fsp3) is 0. The Morgan fingerprint density at radius 1 is 0.587 bits per heavy atom. The number of rotatable bonds is 4. The van der Waals surface area contributed by atoms with Gasteiger partial charge in [-0.3, -0.25) is 0 Å². The van der Waals surface area contributed by atoms with Crippen molar-refractivity contribution in [3.05, 3.63) is 145 Å². The highest BCUT2D eigenvalue weighted by Gasteiger charge is 2.23. The number of benzene rings is 6. The van der Waals surface area contributed by atoms with Crippen molar-refractivity contribution >= 4 is 53.6 Å². The van der Waals surface area contributed by atoms with E-state index in [9.17, 15) is 5.26 Å². The van der Waals surface area contributed by atoms with Crippen molar-refractivity contribution < 1.29 is 4.42 Å². The summed E-state index contributed by atoms with van der Waals surface area (Å²) in [5.74, 6) is 0.531. The summed E-state index contributed by atoms with van der Waals surface area (Å²) in [7, 11) is 0. The topological polar surface area (TPSA) is 62.7 Å². The van der Waals surface area contributed by atoms with Crippen LogP contribution in [0.3, 0.4) is 0 Å². The summed E-state index contributed by atoms with van der Waals surface area (Å²) < 4.78 is 8.87. The first-order valence-corrected chi connectivity index (χ1v) is 15.9. The predicted molar refractivity (Wildman–Crippen MR) is 189 cm³/mol. The summed E-state index contributed by atoms with van der Waals surface area (Å²) in [6.45, 7) is 0. The van der Waals surface area contributed by atoms with Gasteiger partial charge in [-0.1, -0.05) is 103 Å². The minimum absolute atomic E-state index is 0.531. The molecule has 6 aromatic carbocycles. The Hall–Kier alpha value is -6.09. The van der Waals surface area contributed by atoms with Crippen LogP contribution in [-0.2, 0) is 0 Å². The van der Waals surface area contributed by atoms with E-state index in [0.29, 0.717) is 17.0 Å². The SMILES string of the molecule is N#Cc1ccccc1-c1nc(-c2cccc3oc4c(-c5ccccc5)cc(-c5ccccc5)cc4c23)c2sc3ccccc3c2n1. The van der Waals surface area contributed by atoms with E-state index in [1.807, 2.05) is 54.6 Å². The average molecular weight is 606 g/mol. The quantitative estimate of drug-likeness (QED) is 0.200. The summed E-state index contributed by atoms with van der Waals surface area (Å²) in [4.78, 5) is 10.3. The van der Waals surface area contributed by atoms with Crippen molar-refractivity contribution in [2.24, 2.45) is 0 Å². The van der Waals surface area contributed by atoms with Crippen LogP contribution in [0.2, 0.25) is 0 Å². The molecule has 0 unspecified atom stereocenters. The number of thiophene rings is 1. The summed E-state index contributed by atoms with van der Waals surface area (Å²) >= 11 is 1.69. The van der Waals surface area contributed by atoms with Gasteiger partial charge in [-0.15, -0.1) is 11.3 Å². The maximum Gasteiger partial charge on any atom is 0.161 e. The molecular weight excluding hydrogens is 583 g/mol. The van der Waals surface area contributed by atoms with Crippen LogP contribution in [0.5, 0.6) is 0 Å². The molecule has 0 spiro atoms. The molecule has 0 atom stereocenters. The molecule has 0 saturated heterocycles. The molecule has 0 bridgehead atoms. The van der Waals surface area contributed by atoms with Crippen molar-refractivity contribution in [3.63, 3.8) is 0 Å². The van der Waals surface area contributed by atoms with Gasteiger partial charge in [0.1, 0.15) is 11.2 Å². The van der Waals surface area contributed by atoms with Gasteiger partial charge in [-0.2, -0.15) is 5.26 Å². The highest BCUT2D eigenvalue weighted by atomic mass is 32.1. The third-order valence-electron chi connectivity index (χ3n) is 8.55. The Balaban J connectivity index is 1.41. The Kier molecular flexibility index (Phi) is 6.02. The normalized spacial score (nSPS) is 11.5. The van der Waals surface area contributed by atoms with Crippen LogP contribution >= 0.6 is 11.3 Å². The molecule has 9 aromatic rings. The Labute approximate surface area is 268 Å². The van der Waals surface area contributed by atoms with Crippen LogP contribution in [0, 0.1) is 11.3 Å². The number of nitrogens with zero attached hydrogens (tertiary/aromatic N) is 3. The van der Waals surface area contributed by atoms with Crippen LogP contribution in [0.25, 0.3) is 87.1 Å². The van der Waals surface area contributed by atoms with Gasteiger partial charge in [0, 0.05) is 37.5 Å². The summed E-state index contributed by atoms with van der Waals surface area (Å²) in [5, 5.41) is 13.1. The molecule has 0 saturated carbocycles. The van der Waals surface area contributed by atoms with E-state index in [0.717, 1.165) is 75.8 Å². The lowest BCUT2D eigenvalue weighted by atomic mass is 9.94. The highest BCUT2D eigenvalue weighted by molar-refractivity contribution is 7.26. The molecule has 9 rings (SSSR count). The number of hydrogen-bond donors (Lipinski definition) is 0. The number of fused-ring (bicyclic) bond motifs is 6. The molecule has 0 aliphatic carbocycles. The van der Waals surface area contributed by atoms with E-state index >= 15 is 0 Å². The van der Waals surface area contributed by atoms with Gasteiger partial charge in [-0.25, -0.2) is 9.97 Å². The minimum atomic E-state index is 0.531.